The van der Waals surface area contributed by atoms with Crippen LogP contribution in [0.1, 0.15) is 58.5 Å². The molecule has 1 amide bonds. The second-order valence-corrected chi connectivity index (χ2v) is 9.28. The van der Waals surface area contributed by atoms with Crippen molar-refractivity contribution in [1.82, 2.24) is 0 Å². The van der Waals surface area contributed by atoms with Crippen LogP contribution in [0.25, 0.3) is 0 Å². The summed E-state index contributed by atoms with van der Waals surface area (Å²) in [6.45, 7) is 12.0. The first-order valence-corrected chi connectivity index (χ1v) is 12.0. The van der Waals surface area contributed by atoms with E-state index in [1.54, 1.807) is 20.8 Å². The third kappa shape index (κ3) is 9.08. The quantitative estimate of drug-likeness (QED) is 0.207. The van der Waals surface area contributed by atoms with Gasteiger partial charge in [-0.25, -0.2) is 17.4 Å². The van der Waals surface area contributed by atoms with Crippen LogP contribution in [-0.4, -0.2) is 32.2 Å². The van der Waals surface area contributed by atoms with Crippen molar-refractivity contribution in [2.45, 2.75) is 58.6 Å². The highest BCUT2D eigenvalue weighted by molar-refractivity contribution is 8.08. The van der Waals surface area contributed by atoms with Crippen LogP contribution in [0.3, 0.4) is 0 Å². The predicted octanol–water partition coefficient (Wildman–Crippen LogP) is 5.88. The lowest BCUT2D eigenvalue weighted by Gasteiger charge is -2.17. The van der Waals surface area contributed by atoms with E-state index in [2.05, 4.69) is 16.1 Å². The number of rotatable bonds is 6. The normalized spacial score (nSPS) is 16.4. The zero-order chi connectivity index (χ0) is 26.5. The summed E-state index contributed by atoms with van der Waals surface area (Å²) in [5.74, 6) is -3.44. The number of halogens is 3. The number of alkyl halides is 1. The first-order valence-electron chi connectivity index (χ1n) is 10.4. The summed E-state index contributed by atoms with van der Waals surface area (Å²) in [6.07, 6.45) is 4.11. The standard InChI is InChI=1S/C17H19F3N2O3S.C3H5NO2.C2H6/c1-4-5-9-13(23)22-26(24,14-10-17(2,3)25-21-14)16(20)15-11(18)7-6-8-12(15)19;1-2-3-4(5)6;1-2/h5-9,16H,4,10H2,1-3H3;2H,1,3H2;1-2H3/b9-5+;;. The van der Waals surface area contributed by atoms with Crippen LogP contribution < -0.4 is 0 Å². The van der Waals surface area contributed by atoms with Crippen molar-refractivity contribution in [2.24, 2.45) is 9.52 Å². The molecule has 0 saturated heterocycles. The van der Waals surface area contributed by atoms with Crippen LogP contribution in [0.5, 0.6) is 0 Å². The molecule has 34 heavy (non-hydrogen) atoms. The molecule has 8 nitrogen and oxygen atoms in total. The van der Waals surface area contributed by atoms with Gasteiger partial charge in [0, 0.05) is 17.4 Å². The summed E-state index contributed by atoms with van der Waals surface area (Å²) >= 11 is 0. The molecule has 0 saturated carbocycles. The van der Waals surface area contributed by atoms with Crippen molar-refractivity contribution in [1.29, 1.82) is 0 Å². The van der Waals surface area contributed by atoms with Gasteiger partial charge < -0.3 is 4.84 Å². The van der Waals surface area contributed by atoms with Gasteiger partial charge in [0.15, 0.2) is 5.04 Å². The zero-order valence-electron chi connectivity index (χ0n) is 19.8. The second kappa shape index (κ2) is 14.3. The van der Waals surface area contributed by atoms with E-state index in [9.17, 15) is 27.9 Å². The molecular weight excluding hydrogens is 475 g/mol. The average Bonchev–Trinajstić information content (AvgIpc) is 3.14. The molecule has 2 unspecified atom stereocenters. The fourth-order valence-corrected chi connectivity index (χ4v) is 4.36. The summed E-state index contributed by atoms with van der Waals surface area (Å²) < 4.78 is 59.9. The van der Waals surface area contributed by atoms with E-state index in [-0.39, 0.29) is 18.0 Å². The molecule has 0 N–H and O–H groups in total. The van der Waals surface area contributed by atoms with Crippen LogP contribution in [-0.2, 0) is 19.4 Å². The van der Waals surface area contributed by atoms with E-state index in [1.165, 1.54) is 12.2 Å². The summed E-state index contributed by atoms with van der Waals surface area (Å²) in [4.78, 5) is 25.9. The monoisotopic (exact) mass is 505 g/mol. The molecule has 0 spiro atoms. The van der Waals surface area contributed by atoms with Gasteiger partial charge in [-0.1, -0.05) is 44.6 Å². The molecule has 1 aliphatic heterocycles. The number of carbonyl (C=O) groups is 1. The number of allylic oxidation sites excluding steroid dienone is 1. The van der Waals surface area contributed by atoms with E-state index in [1.807, 2.05) is 13.8 Å². The van der Waals surface area contributed by atoms with E-state index in [0.717, 1.165) is 24.3 Å². The summed E-state index contributed by atoms with van der Waals surface area (Å²) in [6, 6.07) is 2.72. The van der Waals surface area contributed by atoms with Gasteiger partial charge in [0.1, 0.15) is 27.0 Å². The Balaban J connectivity index is 0.00000118. The summed E-state index contributed by atoms with van der Waals surface area (Å²) in [5.41, 5.74) is -4.68. The molecule has 1 aromatic carbocycles. The molecule has 1 heterocycles. The Morgan fingerprint density at radius 2 is 1.94 bits per heavy atom. The maximum atomic E-state index is 15.1. The van der Waals surface area contributed by atoms with Crippen LogP contribution in [0.15, 0.2) is 52.5 Å². The molecule has 0 radical (unpaired) electrons. The van der Waals surface area contributed by atoms with Crippen LogP contribution in [0.4, 0.5) is 13.2 Å². The Hall–Kier alpha value is -3.02. The van der Waals surface area contributed by atoms with Crippen molar-refractivity contribution in [3.05, 3.63) is 70.3 Å². The van der Waals surface area contributed by atoms with Gasteiger partial charge in [0.05, 0.1) is 5.56 Å². The fraction of sp³-hybridized carbons (Fsp3) is 0.455. The third-order valence-corrected chi connectivity index (χ3v) is 5.96. The highest BCUT2D eigenvalue weighted by Crippen LogP contribution is 2.36. The molecule has 0 aromatic heterocycles. The lowest BCUT2D eigenvalue weighted by Crippen LogP contribution is -2.26. The van der Waals surface area contributed by atoms with Gasteiger partial charge in [0.25, 0.3) is 5.91 Å². The van der Waals surface area contributed by atoms with E-state index in [4.69, 9.17) is 4.84 Å². The molecule has 190 valence electrons. The van der Waals surface area contributed by atoms with Gasteiger partial charge in [-0.3, -0.25) is 14.9 Å². The number of hydrogen-bond acceptors (Lipinski definition) is 6. The van der Waals surface area contributed by atoms with Gasteiger partial charge in [-0.05, 0) is 38.5 Å². The number of carbonyl (C=O) groups excluding carboxylic acids is 1. The average molecular weight is 506 g/mol. The Morgan fingerprint density at radius 1 is 1.38 bits per heavy atom. The Kier molecular flexibility index (Phi) is 13.0. The maximum Gasteiger partial charge on any atom is 0.277 e. The number of amides is 1. The van der Waals surface area contributed by atoms with Crippen molar-refractivity contribution < 1.29 is 31.9 Å². The van der Waals surface area contributed by atoms with E-state index >= 15 is 4.39 Å². The Morgan fingerprint density at radius 3 is 2.32 bits per heavy atom. The third-order valence-electron chi connectivity index (χ3n) is 3.82. The lowest BCUT2D eigenvalue weighted by molar-refractivity contribution is -0.468. The largest absolute Gasteiger partial charge is 0.389 e. The van der Waals surface area contributed by atoms with E-state index < -0.39 is 48.9 Å². The molecule has 12 heteroatoms. The van der Waals surface area contributed by atoms with Crippen LogP contribution in [0, 0.1) is 21.7 Å². The topological polar surface area (TPSA) is 111 Å². The number of benzene rings is 1. The number of nitrogens with zero attached hydrogens (tertiary/aromatic N) is 3. The van der Waals surface area contributed by atoms with E-state index in [0.29, 0.717) is 6.42 Å². The molecule has 1 aliphatic rings. The minimum Gasteiger partial charge on any atom is -0.389 e. The van der Waals surface area contributed by atoms with Crippen molar-refractivity contribution >= 4 is 20.7 Å². The zero-order valence-corrected chi connectivity index (χ0v) is 20.6. The molecule has 0 bridgehead atoms. The Bertz CT molecular complexity index is 1030. The fourth-order valence-electron chi connectivity index (χ4n) is 2.35. The summed E-state index contributed by atoms with van der Waals surface area (Å²) in [5, 5.41) is 12.6. The van der Waals surface area contributed by atoms with Gasteiger partial charge >= 0.3 is 0 Å². The lowest BCUT2D eigenvalue weighted by atomic mass is 10.1. The first kappa shape index (κ1) is 31.0. The second-order valence-electron chi connectivity index (χ2n) is 7.08. The van der Waals surface area contributed by atoms with Crippen molar-refractivity contribution in [2.75, 3.05) is 6.54 Å². The minimum absolute atomic E-state index is 0.101. The van der Waals surface area contributed by atoms with Crippen LogP contribution >= 0.6 is 0 Å². The summed E-state index contributed by atoms with van der Waals surface area (Å²) in [7, 11) is -4.24. The molecule has 0 aliphatic carbocycles. The number of oxime groups is 1. The number of hydrogen-bond donors (Lipinski definition) is 0. The number of nitro groups is 1. The maximum absolute atomic E-state index is 15.1. The molecule has 0 fully saturated rings. The molecule has 2 rings (SSSR count). The molecule has 1 aromatic rings. The van der Waals surface area contributed by atoms with Gasteiger partial charge in [0.2, 0.25) is 12.0 Å². The van der Waals surface area contributed by atoms with Gasteiger partial charge in [-0.15, -0.1) is 4.36 Å². The SMILES string of the molecule is C=CC[N+](=O)[O-].CC.CC/C=C/C(=O)N=S(=O)(C1=NOC(C)(C)C1)C(F)c1c(F)cccc1F. The van der Waals surface area contributed by atoms with Crippen molar-refractivity contribution in [3.8, 4) is 0 Å². The Labute approximate surface area is 197 Å². The minimum atomic E-state index is -4.24. The van der Waals surface area contributed by atoms with Crippen molar-refractivity contribution in [3.63, 3.8) is 0 Å². The predicted molar refractivity (Wildman–Crippen MR) is 126 cm³/mol. The van der Waals surface area contributed by atoms with Gasteiger partial charge in [-0.2, -0.15) is 0 Å². The highest BCUT2D eigenvalue weighted by atomic mass is 32.2. The first-order chi connectivity index (χ1) is 15.9. The highest BCUT2D eigenvalue weighted by Gasteiger charge is 2.42. The van der Waals surface area contributed by atoms with Crippen LogP contribution in [0.2, 0.25) is 0 Å². The smallest absolute Gasteiger partial charge is 0.277 e. The molecule has 2 atom stereocenters. The molecular formula is C22H30F3N3O5S.